The first-order valence-corrected chi connectivity index (χ1v) is 6.24. The number of nitro benzene ring substituents is 1. The molecule has 0 saturated heterocycles. The first-order chi connectivity index (χ1) is 10.1. The van der Waals surface area contributed by atoms with E-state index in [-0.39, 0.29) is 5.69 Å². The maximum absolute atomic E-state index is 11.0. The maximum atomic E-state index is 11.0. The number of non-ortho nitro benzene ring substituents is 1. The number of fused-ring (bicyclic) bond motifs is 1. The van der Waals surface area contributed by atoms with E-state index >= 15 is 0 Å². The summed E-state index contributed by atoms with van der Waals surface area (Å²) in [7, 11) is 1.80. The number of nitro groups is 1. The summed E-state index contributed by atoms with van der Waals surface area (Å²) in [6, 6.07) is 4.90. The lowest BCUT2D eigenvalue weighted by Crippen LogP contribution is -2.03. The molecule has 0 aliphatic rings. The van der Waals surface area contributed by atoms with Gasteiger partial charge in [-0.3, -0.25) is 19.8 Å². The number of nitrogens with one attached hydrogen (secondary N) is 1. The van der Waals surface area contributed by atoms with Gasteiger partial charge >= 0.3 is 0 Å². The van der Waals surface area contributed by atoms with Crippen molar-refractivity contribution < 1.29 is 4.92 Å². The molecule has 0 bridgehead atoms. The second-order valence-electron chi connectivity index (χ2n) is 4.50. The van der Waals surface area contributed by atoms with Gasteiger partial charge < -0.3 is 5.32 Å². The van der Waals surface area contributed by atoms with Gasteiger partial charge in [-0.15, -0.1) is 0 Å². The van der Waals surface area contributed by atoms with Crippen LogP contribution in [0, 0.1) is 10.1 Å². The van der Waals surface area contributed by atoms with Crippen molar-refractivity contribution in [1.29, 1.82) is 0 Å². The Kier molecular flexibility index (Phi) is 3.19. The molecule has 106 valence electrons. The van der Waals surface area contributed by atoms with Crippen LogP contribution in [-0.2, 0) is 13.6 Å². The van der Waals surface area contributed by atoms with Crippen LogP contribution in [0.2, 0.25) is 0 Å². The SMILES string of the molecule is Cn1cnc(CNc2ccc([N+](=O)[O-])c3cnccc23)n1. The van der Waals surface area contributed by atoms with Crippen LogP contribution in [0.25, 0.3) is 10.8 Å². The van der Waals surface area contributed by atoms with E-state index in [1.54, 1.807) is 36.4 Å². The maximum Gasteiger partial charge on any atom is 0.278 e. The zero-order valence-corrected chi connectivity index (χ0v) is 11.2. The molecule has 3 rings (SSSR count). The van der Waals surface area contributed by atoms with E-state index in [4.69, 9.17) is 0 Å². The number of benzene rings is 1. The molecule has 0 saturated carbocycles. The van der Waals surface area contributed by atoms with Crippen LogP contribution in [0.4, 0.5) is 11.4 Å². The van der Waals surface area contributed by atoms with E-state index in [1.165, 1.54) is 12.3 Å². The average molecular weight is 284 g/mol. The Morgan fingerprint density at radius 1 is 1.33 bits per heavy atom. The van der Waals surface area contributed by atoms with Crippen LogP contribution >= 0.6 is 0 Å². The van der Waals surface area contributed by atoms with Crippen molar-refractivity contribution in [2.45, 2.75) is 6.54 Å². The Labute approximate surface area is 119 Å². The number of rotatable bonds is 4. The summed E-state index contributed by atoms with van der Waals surface area (Å²) in [5.74, 6) is 0.651. The van der Waals surface area contributed by atoms with Crippen molar-refractivity contribution in [2.75, 3.05) is 5.32 Å². The molecule has 1 aromatic carbocycles. The molecule has 0 unspecified atom stereocenters. The van der Waals surface area contributed by atoms with Crippen LogP contribution in [0.15, 0.2) is 36.9 Å². The van der Waals surface area contributed by atoms with Crippen molar-refractivity contribution in [1.82, 2.24) is 19.7 Å². The minimum Gasteiger partial charge on any atom is -0.377 e. The van der Waals surface area contributed by atoms with Crippen LogP contribution in [0.1, 0.15) is 5.82 Å². The topological polar surface area (TPSA) is 98.8 Å². The predicted molar refractivity (Wildman–Crippen MR) is 76.7 cm³/mol. The number of nitrogens with zero attached hydrogens (tertiary/aromatic N) is 5. The Morgan fingerprint density at radius 2 is 2.19 bits per heavy atom. The smallest absolute Gasteiger partial charge is 0.278 e. The van der Waals surface area contributed by atoms with E-state index < -0.39 is 4.92 Å². The number of aromatic nitrogens is 4. The summed E-state index contributed by atoms with van der Waals surface area (Å²) in [6.45, 7) is 0.441. The Morgan fingerprint density at radius 3 is 2.90 bits per heavy atom. The van der Waals surface area contributed by atoms with Crippen LogP contribution in [0.3, 0.4) is 0 Å². The van der Waals surface area contributed by atoms with Crippen molar-refractivity contribution in [2.24, 2.45) is 7.05 Å². The van der Waals surface area contributed by atoms with Crippen LogP contribution in [0.5, 0.6) is 0 Å². The number of hydrogen-bond donors (Lipinski definition) is 1. The molecule has 2 aromatic heterocycles. The molecule has 0 amide bonds. The summed E-state index contributed by atoms with van der Waals surface area (Å²) in [6.07, 6.45) is 4.72. The largest absolute Gasteiger partial charge is 0.377 e. The molecule has 3 aromatic rings. The van der Waals surface area contributed by atoms with E-state index in [2.05, 4.69) is 20.4 Å². The molecule has 0 spiro atoms. The monoisotopic (exact) mass is 284 g/mol. The molecule has 21 heavy (non-hydrogen) atoms. The van der Waals surface area contributed by atoms with Crippen molar-refractivity contribution in [3.8, 4) is 0 Å². The normalized spacial score (nSPS) is 10.7. The van der Waals surface area contributed by atoms with Gasteiger partial charge in [0.25, 0.3) is 5.69 Å². The van der Waals surface area contributed by atoms with Gasteiger partial charge in [-0.05, 0) is 12.1 Å². The Hall–Kier alpha value is -3.03. The van der Waals surface area contributed by atoms with Gasteiger partial charge in [-0.25, -0.2) is 4.98 Å². The lowest BCUT2D eigenvalue weighted by Gasteiger charge is -2.08. The lowest BCUT2D eigenvalue weighted by molar-refractivity contribution is -0.383. The second-order valence-corrected chi connectivity index (χ2v) is 4.50. The first-order valence-electron chi connectivity index (χ1n) is 6.24. The zero-order chi connectivity index (χ0) is 14.8. The number of anilines is 1. The number of pyridine rings is 1. The third-order valence-corrected chi connectivity index (χ3v) is 3.08. The minimum atomic E-state index is -0.409. The molecule has 0 fully saturated rings. The average Bonchev–Trinajstić information content (AvgIpc) is 2.90. The van der Waals surface area contributed by atoms with Crippen LogP contribution < -0.4 is 5.32 Å². The molecule has 8 heteroatoms. The van der Waals surface area contributed by atoms with Gasteiger partial charge in [0.05, 0.1) is 16.9 Å². The van der Waals surface area contributed by atoms with E-state index in [1.807, 2.05) is 0 Å². The lowest BCUT2D eigenvalue weighted by atomic mass is 10.1. The molecule has 0 aliphatic heterocycles. The predicted octanol–water partition coefficient (Wildman–Crippen LogP) is 1.88. The zero-order valence-electron chi connectivity index (χ0n) is 11.2. The third-order valence-electron chi connectivity index (χ3n) is 3.08. The highest BCUT2D eigenvalue weighted by Crippen LogP contribution is 2.30. The van der Waals surface area contributed by atoms with Gasteiger partial charge in [-0.2, -0.15) is 5.10 Å². The highest BCUT2D eigenvalue weighted by atomic mass is 16.6. The fraction of sp³-hybridized carbons (Fsp3) is 0.154. The minimum absolute atomic E-state index is 0.0413. The molecule has 8 nitrogen and oxygen atoms in total. The van der Waals surface area contributed by atoms with Gasteiger partial charge in [0, 0.05) is 36.6 Å². The summed E-state index contributed by atoms with van der Waals surface area (Å²) >= 11 is 0. The van der Waals surface area contributed by atoms with Crippen molar-refractivity contribution >= 4 is 22.1 Å². The highest BCUT2D eigenvalue weighted by molar-refractivity contribution is 5.99. The fourth-order valence-corrected chi connectivity index (χ4v) is 2.13. The van der Waals surface area contributed by atoms with Gasteiger partial charge in [0.2, 0.25) is 0 Å². The van der Waals surface area contributed by atoms with E-state index in [0.717, 1.165) is 11.1 Å². The summed E-state index contributed by atoms with van der Waals surface area (Å²) in [5, 5.41) is 19.7. The molecule has 0 aliphatic carbocycles. The molecule has 0 atom stereocenters. The molecule has 2 heterocycles. The van der Waals surface area contributed by atoms with Crippen molar-refractivity contribution in [3.05, 3.63) is 52.9 Å². The molecule has 1 N–H and O–H groups in total. The quantitative estimate of drug-likeness (QED) is 0.580. The summed E-state index contributed by atoms with van der Waals surface area (Å²) < 4.78 is 1.62. The number of hydrogen-bond acceptors (Lipinski definition) is 6. The van der Waals surface area contributed by atoms with Gasteiger partial charge in [-0.1, -0.05) is 0 Å². The number of aryl methyl sites for hydroxylation is 1. The van der Waals surface area contributed by atoms with E-state index in [9.17, 15) is 10.1 Å². The van der Waals surface area contributed by atoms with Gasteiger partial charge in [0.15, 0.2) is 5.82 Å². The molecular formula is C13H12N6O2. The fourth-order valence-electron chi connectivity index (χ4n) is 2.13. The first kappa shape index (κ1) is 13.0. The third kappa shape index (κ3) is 2.50. The second kappa shape index (κ2) is 5.16. The van der Waals surface area contributed by atoms with Gasteiger partial charge in [0.1, 0.15) is 6.33 Å². The summed E-state index contributed by atoms with van der Waals surface area (Å²) in [5.41, 5.74) is 0.824. The Balaban J connectivity index is 1.96. The van der Waals surface area contributed by atoms with E-state index in [0.29, 0.717) is 17.8 Å². The molecular weight excluding hydrogens is 272 g/mol. The Bertz CT molecular complexity index is 813. The van der Waals surface area contributed by atoms with Crippen LogP contribution in [-0.4, -0.2) is 24.7 Å². The standard InChI is InChI=1S/C13H12N6O2/c1-18-8-16-13(17-18)7-15-11-2-3-12(19(20)21)10-6-14-5-4-9(10)11/h2-6,8,15H,7H2,1H3. The highest BCUT2D eigenvalue weighted by Gasteiger charge is 2.14. The summed E-state index contributed by atoms with van der Waals surface area (Å²) in [4.78, 5) is 18.7. The van der Waals surface area contributed by atoms with Crippen molar-refractivity contribution in [3.63, 3.8) is 0 Å². The molecule has 0 radical (unpaired) electrons.